The lowest BCUT2D eigenvalue weighted by atomic mass is 9.89. The number of aromatic nitrogens is 3. The first-order chi connectivity index (χ1) is 14.4. The molecule has 1 fully saturated rings. The minimum absolute atomic E-state index is 0.0217. The monoisotopic (exact) mass is 461 g/mol. The summed E-state index contributed by atoms with van der Waals surface area (Å²) in [4.78, 5) is 10.5. The van der Waals surface area contributed by atoms with Crippen molar-refractivity contribution in [3.63, 3.8) is 0 Å². The number of benzene rings is 1. The van der Waals surface area contributed by atoms with Gasteiger partial charge in [0.1, 0.15) is 10.8 Å². The average molecular weight is 461 g/mol. The van der Waals surface area contributed by atoms with E-state index in [4.69, 9.17) is 0 Å². The van der Waals surface area contributed by atoms with E-state index >= 15 is 0 Å². The molecule has 2 N–H and O–H groups in total. The van der Waals surface area contributed by atoms with Crippen molar-refractivity contribution in [2.24, 2.45) is 5.41 Å². The molecule has 0 radical (unpaired) electrons. The molecule has 1 aliphatic carbocycles. The summed E-state index contributed by atoms with van der Waals surface area (Å²) >= 11 is 1.32. The fraction of sp³-hybridized carbons (Fsp3) is 0.400. The van der Waals surface area contributed by atoms with E-state index in [0.717, 1.165) is 12.1 Å². The van der Waals surface area contributed by atoms with Crippen LogP contribution in [0.1, 0.15) is 29.9 Å². The van der Waals surface area contributed by atoms with Crippen LogP contribution in [0.15, 0.2) is 42.0 Å². The number of thiazole rings is 1. The summed E-state index contributed by atoms with van der Waals surface area (Å²) in [5, 5.41) is 13.0. The van der Waals surface area contributed by atoms with Crippen LogP contribution in [0.5, 0.6) is 0 Å². The summed E-state index contributed by atoms with van der Waals surface area (Å²) in [7, 11) is 0. The second-order valence-corrected chi connectivity index (χ2v) is 8.64. The molecule has 0 spiro atoms. The molecular formula is C20H17F6N3OS. The fourth-order valence-electron chi connectivity index (χ4n) is 3.51. The van der Waals surface area contributed by atoms with Crippen LogP contribution in [-0.4, -0.2) is 32.4 Å². The van der Waals surface area contributed by atoms with Gasteiger partial charge in [-0.05, 0) is 18.4 Å². The van der Waals surface area contributed by atoms with Crippen LogP contribution in [0.2, 0.25) is 0 Å². The number of nitrogens with zero attached hydrogens (tertiary/aromatic N) is 2. The molecule has 31 heavy (non-hydrogen) atoms. The van der Waals surface area contributed by atoms with Gasteiger partial charge in [0.25, 0.3) is 0 Å². The SMILES string of the molecule is OC(Cc1nc(CC2(C(F)(F)F)CC2)c[nH]1)(c1ccc(-c2nccs2)cc1)C(F)(F)F. The largest absolute Gasteiger partial charge is 0.421 e. The summed E-state index contributed by atoms with van der Waals surface area (Å²) in [6, 6.07) is 5.19. The van der Waals surface area contributed by atoms with Crippen molar-refractivity contribution in [3.8, 4) is 10.6 Å². The topological polar surface area (TPSA) is 61.8 Å². The maximum Gasteiger partial charge on any atom is 0.421 e. The summed E-state index contributed by atoms with van der Waals surface area (Å²) in [6.07, 6.45) is -8.11. The van der Waals surface area contributed by atoms with Gasteiger partial charge in [-0.2, -0.15) is 26.3 Å². The van der Waals surface area contributed by atoms with Crippen LogP contribution in [0, 0.1) is 5.41 Å². The number of aliphatic hydroxyl groups is 1. The molecule has 2 heterocycles. The molecule has 0 saturated heterocycles. The van der Waals surface area contributed by atoms with Crippen molar-refractivity contribution in [1.29, 1.82) is 0 Å². The van der Waals surface area contributed by atoms with Gasteiger partial charge in [0, 0.05) is 36.2 Å². The van der Waals surface area contributed by atoms with E-state index in [1.54, 1.807) is 11.6 Å². The van der Waals surface area contributed by atoms with Gasteiger partial charge in [0.15, 0.2) is 5.60 Å². The number of imidazole rings is 1. The summed E-state index contributed by atoms with van der Waals surface area (Å²) in [5.41, 5.74) is -4.89. The van der Waals surface area contributed by atoms with Crippen molar-refractivity contribution in [2.75, 3.05) is 0 Å². The van der Waals surface area contributed by atoms with E-state index in [0.29, 0.717) is 10.6 Å². The molecule has 2 aromatic heterocycles. The molecule has 0 bridgehead atoms. The number of nitrogens with one attached hydrogen (secondary N) is 1. The highest BCUT2D eigenvalue weighted by molar-refractivity contribution is 7.13. The molecule has 4 nitrogen and oxygen atoms in total. The van der Waals surface area contributed by atoms with Crippen LogP contribution in [0.4, 0.5) is 26.3 Å². The zero-order valence-electron chi connectivity index (χ0n) is 15.9. The number of aromatic amines is 1. The Morgan fingerprint density at radius 2 is 1.74 bits per heavy atom. The number of alkyl halides is 6. The van der Waals surface area contributed by atoms with Gasteiger partial charge in [0.05, 0.1) is 11.1 Å². The predicted octanol–water partition coefficient (Wildman–Crippen LogP) is 5.41. The predicted molar refractivity (Wildman–Crippen MR) is 101 cm³/mol. The Hall–Kier alpha value is -2.40. The van der Waals surface area contributed by atoms with Crippen LogP contribution < -0.4 is 0 Å². The molecule has 1 aliphatic rings. The molecule has 1 atom stereocenters. The average Bonchev–Trinajstić information content (AvgIpc) is 3.09. The van der Waals surface area contributed by atoms with Crippen molar-refractivity contribution in [3.05, 3.63) is 59.1 Å². The molecule has 0 amide bonds. The molecule has 0 aliphatic heterocycles. The maximum atomic E-state index is 13.8. The Labute approximate surface area is 177 Å². The Balaban J connectivity index is 1.57. The molecule has 4 rings (SSSR count). The highest BCUT2D eigenvalue weighted by atomic mass is 32.1. The summed E-state index contributed by atoms with van der Waals surface area (Å²) in [5.74, 6) is -0.239. The van der Waals surface area contributed by atoms with E-state index in [-0.39, 0.29) is 24.4 Å². The highest BCUT2D eigenvalue weighted by Gasteiger charge is 2.63. The fourth-order valence-corrected chi connectivity index (χ4v) is 4.15. The number of halogens is 6. The van der Waals surface area contributed by atoms with Crippen molar-refractivity contribution in [2.45, 2.75) is 43.6 Å². The number of H-pyrrole nitrogens is 1. The first kappa shape index (κ1) is 21.8. The quantitative estimate of drug-likeness (QED) is 0.483. The van der Waals surface area contributed by atoms with E-state index in [2.05, 4.69) is 15.0 Å². The van der Waals surface area contributed by atoms with Crippen LogP contribution in [0.25, 0.3) is 10.6 Å². The second kappa shape index (κ2) is 7.33. The third-order valence-electron chi connectivity index (χ3n) is 5.59. The van der Waals surface area contributed by atoms with Gasteiger partial charge in [-0.3, -0.25) is 0 Å². The lowest BCUT2D eigenvalue weighted by Crippen LogP contribution is -2.44. The maximum absolute atomic E-state index is 13.8. The Bertz CT molecular complexity index is 1040. The molecule has 1 saturated carbocycles. The minimum Gasteiger partial charge on any atom is -0.376 e. The van der Waals surface area contributed by atoms with Crippen molar-refractivity contribution in [1.82, 2.24) is 15.0 Å². The van der Waals surface area contributed by atoms with E-state index in [9.17, 15) is 31.4 Å². The second-order valence-electron chi connectivity index (χ2n) is 7.74. The standard InChI is InChI=1S/C20H17F6N3OS/c21-19(22,23)17(5-6-17)9-14-11-28-15(29-14)10-18(30,20(24,25)26)13-3-1-12(2-4-13)16-27-7-8-31-16/h1-4,7-8,11,30H,5-6,9-10H2,(H,28,29). The summed E-state index contributed by atoms with van der Waals surface area (Å²) < 4.78 is 81.0. The van der Waals surface area contributed by atoms with Gasteiger partial charge < -0.3 is 10.1 Å². The number of hydrogen-bond acceptors (Lipinski definition) is 4. The first-order valence-corrected chi connectivity index (χ1v) is 10.2. The molecular weight excluding hydrogens is 444 g/mol. The molecule has 3 aromatic rings. The van der Waals surface area contributed by atoms with E-state index < -0.39 is 41.8 Å². The zero-order chi connectivity index (χ0) is 22.5. The lowest BCUT2D eigenvalue weighted by Gasteiger charge is -2.30. The molecule has 1 unspecified atom stereocenters. The van der Waals surface area contributed by atoms with Gasteiger partial charge in [0.2, 0.25) is 0 Å². The van der Waals surface area contributed by atoms with E-state index in [1.165, 1.54) is 29.7 Å². The third-order valence-corrected chi connectivity index (χ3v) is 6.41. The Morgan fingerprint density at radius 1 is 1.06 bits per heavy atom. The van der Waals surface area contributed by atoms with Gasteiger partial charge in [-0.1, -0.05) is 24.3 Å². The van der Waals surface area contributed by atoms with Crippen molar-refractivity contribution < 1.29 is 31.4 Å². The smallest absolute Gasteiger partial charge is 0.376 e. The van der Waals surface area contributed by atoms with Crippen LogP contribution in [0.3, 0.4) is 0 Å². The van der Waals surface area contributed by atoms with Gasteiger partial charge in [-0.15, -0.1) is 11.3 Å². The third kappa shape index (κ3) is 4.08. The van der Waals surface area contributed by atoms with Crippen LogP contribution >= 0.6 is 11.3 Å². The Morgan fingerprint density at radius 3 is 2.26 bits per heavy atom. The summed E-state index contributed by atoms with van der Waals surface area (Å²) in [6.45, 7) is 0. The normalized spacial score (nSPS) is 18.0. The Kier molecular flexibility index (Phi) is 5.16. The van der Waals surface area contributed by atoms with Gasteiger partial charge >= 0.3 is 12.4 Å². The number of rotatable bonds is 6. The minimum atomic E-state index is -5.04. The number of hydrogen-bond donors (Lipinski definition) is 2. The van der Waals surface area contributed by atoms with Crippen LogP contribution in [-0.2, 0) is 18.4 Å². The molecule has 1 aromatic carbocycles. The zero-order valence-corrected chi connectivity index (χ0v) is 16.7. The lowest BCUT2D eigenvalue weighted by molar-refractivity contribution is -0.266. The highest BCUT2D eigenvalue weighted by Crippen LogP contribution is 2.59. The van der Waals surface area contributed by atoms with Crippen molar-refractivity contribution >= 4 is 11.3 Å². The molecule has 166 valence electrons. The first-order valence-electron chi connectivity index (χ1n) is 9.33. The molecule has 11 heteroatoms. The van der Waals surface area contributed by atoms with E-state index in [1.807, 2.05) is 0 Å². The van der Waals surface area contributed by atoms with Gasteiger partial charge in [-0.25, -0.2) is 9.97 Å².